The Balaban J connectivity index is 1.58. The molecule has 1 unspecified atom stereocenters. The number of likely N-dealkylation sites (tertiary alicyclic amines) is 1. The number of benzene rings is 2. The minimum absolute atomic E-state index is 0.0328. The first-order chi connectivity index (χ1) is 15.5. The first kappa shape index (κ1) is 24.3. The van der Waals surface area contributed by atoms with Crippen LogP contribution in [0.3, 0.4) is 0 Å². The van der Waals surface area contributed by atoms with Crippen LogP contribution in [0.1, 0.15) is 54.2 Å². The van der Waals surface area contributed by atoms with Gasteiger partial charge in [0.05, 0.1) is 6.04 Å². The van der Waals surface area contributed by atoms with E-state index in [0.29, 0.717) is 32.5 Å². The Kier molecular flexibility index (Phi) is 8.71. The molecule has 32 heavy (non-hydrogen) atoms. The standard InChI is InChI=1S/C26H34ClN3O2/c1-4-29(5-2)24(22-12-8-9-13-23(22)27)18-28-25(31)20-14-16-30(17-15-20)26(32)21-11-7-6-10-19(21)3/h6-13,20,24H,4-5,14-18H2,1-3H3,(H,28,31). The molecule has 0 spiro atoms. The first-order valence-corrected chi connectivity index (χ1v) is 11.9. The number of amides is 2. The van der Waals surface area contributed by atoms with E-state index in [1.807, 2.05) is 60.4 Å². The van der Waals surface area contributed by atoms with Crippen molar-refractivity contribution in [2.24, 2.45) is 5.92 Å². The maximum absolute atomic E-state index is 13.0. The largest absolute Gasteiger partial charge is 0.354 e. The highest BCUT2D eigenvalue weighted by Gasteiger charge is 2.29. The summed E-state index contributed by atoms with van der Waals surface area (Å²) in [5.74, 6) is 0.0546. The number of hydrogen-bond donors (Lipinski definition) is 1. The molecule has 1 atom stereocenters. The molecule has 1 fully saturated rings. The van der Waals surface area contributed by atoms with Crippen molar-refractivity contribution < 1.29 is 9.59 Å². The van der Waals surface area contributed by atoms with Crippen molar-refractivity contribution in [2.75, 3.05) is 32.7 Å². The Hall–Kier alpha value is -2.37. The number of halogens is 1. The molecule has 172 valence electrons. The fourth-order valence-electron chi connectivity index (χ4n) is 4.52. The zero-order valence-electron chi connectivity index (χ0n) is 19.3. The summed E-state index contributed by atoms with van der Waals surface area (Å²) in [5.41, 5.74) is 2.77. The summed E-state index contributed by atoms with van der Waals surface area (Å²) < 4.78 is 0. The highest BCUT2D eigenvalue weighted by Crippen LogP contribution is 2.27. The smallest absolute Gasteiger partial charge is 0.254 e. The lowest BCUT2D eigenvalue weighted by Crippen LogP contribution is -2.45. The Morgan fingerprint density at radius 1 is 1.06 bits per heavy atom. The van der Waals surface area contributed by atoms with Crippen LogP contribution in [0.5, 0.6) is 0 Å². The molecule has 1 heterocycles. The van der Waals surface area contributed by atoms with Gasteiger partial charge >= 0.3 is 0 Å². The first-order valence-electron chi connectivity index (χ1n) is 11.6. The second kappa shape index (κ2) is 11.5. The average Bonchev–Trinajstić information content (AvgIpc) is 2.82. The molecule has 1 aliphatic rings. The third-order valence-electron chi connectivity index (χ3n) is 6.52. The third-order valence-corrected chi connectivity index (χ3v) is 6.86. The van der Waals surface area contributed by atoms with Crippen molar-refractivity contribution in [3.05, 3.63) is 70.2 Å². The number of aryl methyl sites for hydroxylation is 1. The summed E-state index contributed by atoms with van der Waals surface area (Å²) in [5, 5.41) is 3.89. The molecule has 0 aliphatic carbocycles. The van der Waals surface area contributed by atoms with Gasteiger partial charge in [-0.2, -0.15) is 0 Å². The van der Waals surface area contributed by atoms with Crippen LogP contribution in [-0.2, 0) is 4.79 Å². The van der Waals surface area contributed by atoms with Gasteiger partial charge in [-0.1, -0.05) is 61.8 Å². The molecule has 5 nitrogen and oxygen atoms in total. The summed E-state index contributed by atoms with van der Waals surface area (Å²) in [4.78, 5) is 30.0. The second-order valence-corrected chi connectivity index (χ2v) is 8.79. The Morgan fingerprint density at radius 2 is 1.69 bits per heavy atom. The zero-order valence-corrected chi connectivity index (χ0v) is 20.1. The quantitative estimate of drug-likeness (QED) is 0.627. The van der Waals surface area contributed by atoms with E-state index in [2.05, 4.69) is 24.1 Å². The molecule has 1 N–H and O–H groups in total. The van der Waals surface area contributed by atoms with Crippen LogP contribution in [0.15, 0.2) is 48.5 Å². The summed E-state index contributed by atoms with van der Waals surface area (Å²) in [7, 11) is 0. The Morgan fingerprint density at radius 3 is 2.31 bits per heavy atom. The van der Waals surface area contributed by atoms with Gasteiger partial charge in [-0.3, -0.25) is 14.5 Å². The van der Waals surface area contributed by atoms with Crippen LogP contribution < -0.4 is 5.32 Å². The van der Waals surface area contributed by atoms with Crippen molar-refractivity contribution in [1.82, 2.24) is 15.1 Å². The minimum atomic E-state index is -0.0699. The molecule has 1 aliphatic heterocycles. The number of piperidine rings is 1. The Bertz CT molecular complexity index is 921. The van der Waals surface area contributed by atoms with E-state index in [9.17, 15) is 9.59 Å². The van der Waals surface area contributed by atoms with Gasteiger partial charge in [-0.25, -0.2) is 0 Å². The molecule has 1 saturated heterocycles. The maximum atomic E-state index is 13.0. The monoisotopic (exact) mass is 455 g/mol. The molecule has 6 heteroatoms. The molecule has 2 aromatic rings. The van der Waals surface area contributed by atoms with Crippen molar-refractivity contribution >= 4 is 23.4 Å². The zero-order chi connectivity index (χ0) is 23.1. The van der Waals surface area contributed by atoms with Crippen molar-refractivity contribution in [3.8, 4) is 0 Å². The molecular formula is C26H34ClN3O2. The minimum Gasteiger partial charge on any atom is -0.354 e. The molecule has 0 saturated carbocycles. The molecule has 2 aromatic carbocycles. The number of carbonyl (C=O) groups excluding carboxylic acids is 2. The Labute approximate surface area is 196 Å². The van der Waals surface area contributed by atoms with Crippen LogP contribution in [0, 0.1) is 12.8 Å². The molecule has 0 aromatic heterocycles. The summed E-state index contributed by atoms with van der Waals surface area (Å²) in [6, 6.07) is 15.5. The third kappa shape index (κ3) is 5.70. The van der Waals surface area contributed by atoms with Gasteiger partial charge in [0.2, 0.25) is 5.91 Å². The lowest BCUT2D eigenvalue weighted by molar-refractivity contribution is -0.126. The van der Waals surface area contributed by atoms with Crippen molar-refractivity contribution in [1.29, 1.82) is 0 Å². The number of carbonyl (C=O) groups is 2. The van der Waals surface area contributed by atoms with E-state index in [1.165, 1.54) is 0 Å². The predicted molar refractivity (Wildman–Crippen MR) is 130 cm³/mol. The summed E-state index contributed by atoms with van der Waals surface area (Å²) in [6.07, 6.45) is 1.37. The second-order valence-electron chi connectivity index (χ2n) is 8.39. The van der Waals surface area contributed by atoms with Crippen LogP contribution in [-0.4, -0.2) is 54.3 Å². The number of rotatable bonds is 8. The van der Waals surface area contributed by atoms with Crippen LogP contribution in [0.25, 0.3) is 0 Å². The van der Waals surface area contributed by atoms with Crippen LogP contribution in [0.4, 0.5) is 0 Å². The topological polar surface area (TPSA) is 52.7 Å². The summed E-state index contributed by atoms with van der Waals surface area (Å²) in [6.45, 7) is 9.69. The fraction of sp³-hybridized carbons (Fsp3) is 0.462. The average molecular weight is 456 g/mol. The number of likely N-dealkylation sites (N-methyl/N-ethyl adjacent to an activating group) is 1. The van der Waals surface area contributed by atoms with E-state index in [-0.39, 0.29) is 23.8 Å². The van der Waals surface area contributed by atoms with E-state index in [1.54, 1.807) is 0 Å². The lowest BCUT2D eigenvalue weighted by Gasteiger charge is -2.33. The predicted octanol–water partition coefficient (Wildman–Crippen LogP) is 4.70. The lowest BCUT2D eigenvalue weighted by atomic mass is 9.94. The van der Waals surface area contributed by atoms with Gasteiger partial charge in [0, 0.05) is 36.1 Å². The molecule has 0 radical (unpaired) electrons. The SMILES string of the molecule is CCN(CC)C(CNC(=O)C1CCN(C(=O)c2ccccc2C)CC1)c1ccccc1Cl. The van der Waals surface area contributed by atoms with Gasteiger partial charge in [-0.15, -0.1) is 0 Å². The molecule has 2 amide bonds. The van der Waals surface area contributed by atoms with E-state index in [0.717, 1.165) is 34.8 Å². The van der Waals surface area contributed by atoms with Gasteiger partial charge in [-0.05, 0) is 56.1 Å². The van der Waals surface area contributed by atoms with Crippen molar-refractivity contribution in [2.45, 2.75) is 39.7 Å². The van der Waals surface area contributed by atoms with E-state index < -0.39 is 0 Å². The van der Waals surface area contributed by atoms with Gasteiger partial charge < -0.3 is 10.2 Å². The highest BCUT2D eigenvalue weighted by atomic mass is 35.5. The molecular weight excluding hydrogens is 422 g/mol. The van der Waals surface area contributed by atoms with Gasteiger partial charge in [0.1, 0.15) is 0 Å². The molecule has 3 rings (SSSR count). The normalized spacial score (nSPS) is 15.6. The van der Waals surface area contributed by atoms with Gasteiger partial charge in [0.15, 0.2) is 0 Å². The van der Waals surface area contributed by atoms with Crippen LogP contribution >= 0.6 is 11.6 Å². The van der Waals surface area contributed by atoms with E-state index in [4.69, 9.17) is 11.6 Å². The highest BCUT2D eigenvalue weighted by molar-refractivity contribution is 6.31. The number of hydrogen-bond acceptors (Lipinski definition) is 3. The maximum Gasteiger partial charge on any atom is 0.254 e. The number of nitrogens with one attached hydrogen (secondary N) is 1. The van der Waals surface area contributed by atoms with Gasteiger partial charge in [0.25, 0.3) is 5.91 Å². The summed E-state index contributed by atoms with van der Waals surface area (Å²) >= 11 is 6.47. The fourth-order valence-corrected chi connectivity index (χ4v) is 4.78. The van der Waals surface area contributed by atoms with Crippen LogP contribution in [0.2, 0.25) is 5.02 Å². The van der Waals surface area contributed by atoms with Crippen molar-refractivity contribution in [3.63, 3.8) is 0 Å². The number of nitrogens with zero attached hydrogens (tertiary/aromatic N) is 2. The molecule has 0 bridgehead atoms. The van der Waals surface area contributed by atoms with E-state index >= 15 is 0 Å².